The van der Waals surface area contributed by atoms with Crippen molar-refractivity contribution in [1.82, 2.24) is 0 Å². The highest BCUT2D eigenvalue weighted by atomic mass is 35.5. The molecule has 0 heterocycles. The second-order valence-electron chi connectivity index (χ2n) is 6.83. The van der Waals surface area contributed by atoms with Gasteiger partial charge in [0.25, 0.3) is 0 Å². The summed E-state index contributed by atoms with van der Waals surface area (Å²) in [5.41, 5.74) is 7.70. The molecule has 0 saturated heterocycles. The van der Waals surface area contributed by atoms with E-state index in [1.54, 1.807) is 0 Å². The Kier molecular flexibility index (Phi) is 5.11. The number of ether oxygens (including phenoxy) is 1. The Morgan fingerprint density at radius 1 is 1.20 bits per heavy atom. The van der Waals surface area contributed by atoms with E-state index in [-0.39, 0.29) is 12.1 Å². The maximum absolute atomic E-state index is 6.30. The molecule has 0 aliphatic heterocycles. The average Bonchev–Trinajstić information content (AvgIpc) is 2.38. The molecule has 1 fully saturated rings. The summed E-state index contributed by atoms with van der Waals surface area (Å²) in [6, 6.07) is 7.82. The number of rotatable bonds is 4. The SMILES string of the molecule is CC(N)C(OC1CCC(C)(C)CC1)c1ccc(Cl)cc1. The molecule has 1 aromatic carbocycles. The van der Waals surface area contributed by atoms with E-state index in [0.29, 0.717) is 11.5 Å². The zero-order valence-electron chi connectivity index (χ0n) is 12.7. The first kappa shape index (κ1) is 15.8. The van der Waals surface area contributed by atoms with Gasteiger partial charge in [0.2, 0.25) is 0 Å². The van der Waals surface area contributed by atoms with E-state index in [0.717, 1.165) is 23.4 Å². The Labute approximate surface area is 127 Å². The van der Waals surface area contributed by atoms with Crippen LogP contribution in [0.5, 0.6) is 0 Å². The van der Waals surface area contributed by atoms with Gasteiger partial charge in [0.15, 0.2) is 0 Å². The molecule has 2 N–H and O–H groups in total. The van der Waals surface area contributed by atoms with Crippen LogP contribution in [0.2, 0.25) is 5.02 Å². The van der Waals surface area contributed by atoms with Crippen molar-refractivity contribution in [3.63, 3.8) is 0 Å². The van der Waals surface area contributed by atoms with Gasteiger partial charge in [-0.1, -0.05) is 37.6 Å². The second-order valence-corrected chi connectivity index (χ2v) is 7.27. The lowest BCUT2D eigenvalue weighted by atomic mass is 9.76. The molecule has 0 radical (unpaired) electrons. The quantitative estimate of drug-likeness (QED) is 0.873. The largest absolute Gasteiger partial charge is 0.369 e. The Balaban J connectivity index is 2.02. The van der Waals surface area contributed by atoms with Crippen molar-refractivity contribution in [2.45, 2.75) is 64.7 Å². The highest BCUT2D eigenvalue weighted by Crippen LogP contribution is 2.38. The lowest BCUT2D eigenvalue weighted by Gasteiger charge is -2.36. The van der Waals surface area contributed by atoms with Crippen LogP contribution in [0.15, 0.2) is 24.3 Å². The van der Waals surface area contributed by atoms with Crippen LogP contribution in [-0.2, 0) is 4.74 Å². The minimum absolute atomic E-state index is 0.0221. The molecule has 1 saturated carbocycles. The molecule has 1 aliphatic carbocycles. The average molecular weight is 296 g/mol. The number of nitrogens with two attached hydrogens (primary N) is 1. The van der Waals surface area contributed by atoms with Gasteiger partial charge in [0.1, 0.15) is 0 Å². The first-order chi connectivity index (χ1) is 9.37. The number of benzene rings is 1. The lowest BCUT2D eigenvalue weighted by Crippen LogP contribution is -2.33. The van der Waals surface area contributed by atoms with Gasteiger partial charge in [-0.3, -0.25) is 0 Å². The predicted molar refractivity (Wildman–Crippen MR) is 85.0 cm³/mol. The van der Waals surface area contributed by atoms with Crippen LogP contribution in [-0.4, -0.2) is 12.1 Å². The predicted octanol–water partition coefficient (Wildman–Crippen LogP) is 4.71. The van der Waals surface area contributed by atoms with Crippen molar-refractivity contribution >= 4 is 11.6 Å². The van der Waals surface area contributed by atoms with Crippen molar-refractivity contribution in [3.05, 3.63) is 34.9 Å². The van der Waals surface area contributed by atoms with Gasteiger partial charge in [-0.05, 0) is 55.7 Å². The Bertz CT molecular complexity index is 417. The molecule has 1 aromatic rings. The summed E-state index contributed by atoms with van der Waals surface area (Å²) in [7, 11) is 0. The zero-order chi connectivity index (χ0) is 14.8. The molecule has 2 rings (SSSR count). The fourth-order valence-electron chi connectivity index (χ4n) is 2.87. The zero-order valence-corrected chi connectivity index (χ0v) is 13.5. The number of hydrogen-bond acceptors (Lipinski definition) is 2. The third-order valence-corrected chi connectivity index (χ3v) is 4.55. The van der Waals surface area contributed by atoms with Gasteiger partial charge < -0.3 is 10.5 Å². The fourth-order valence-corrected chi connectivity index (χ4v) is 3.00. The van der Waals surface area contributed by atoms with Crippen LogP contribution in [0.4, 0.5) is 0 Å². The van der Waals surface area contributed by atoms with Crippen LogP contribution < -0.4 is 5.73 Å². The van der Waals surface area contributed by atoms with Crippen LogP contribution >= 0.6 is 11.6 Å². The summed E-state index contributed by atoms with van der Waals surface area (Å²) in [6.07, 6.45) is 5.00. The van der Waals surface area contributed by atoms with Crippen molar-refractivity contribution < 1.29 is 4.74 Å². The van der Waals surface area contributed by atoms with Gasteiger partial charge in [0, 0.05) is 11.1 Å². The molecular weight excluding hydrogens is 270 g/mol. The van der Waals surface area contributed by atoms with E-state index in [1.807, 2.05) is 31.2 Å². The Morgan fingerprint density at radius 3 is 2.25 bits per heavy atom. The topological polar surface area (TPSA) is 35.2 Å². The van der Waals surface area contributed by atoms with E-state index < -0.39 is 0 Å². The summed E-state index contributed by atoms with van der Waals surface area (Å²) < 4.78 is 6.30. The van der Waals surface area contributed by atoms with Gasteiger partial charge in [-0.25, -0.2) is 0 Å². The van der Waals surface area contributed by atoms with Crippen molar-refractivity contribution in [1.29, 1.82) is 0 Å². The first-order valence-electron chi connectivity index (χ1n) is 7.54. The maximum Gasteiger partial charge on any atom is 0.0976 e. The van der Waals surface area contributed by atoms with Crippen LogP contribution in [0.25, 0.3) is 0 Å². The molecule has 112 valence electrons. The monoisotopic (exact) mass is 295 g/mol. The standard InChI is InChI=1S/C17H26ClNO/c1-12(19)16(13-4-6-14(18)7-5-13)20-15-8-10-17(2,3)11-9-15/h4-7,12,15-16H,8-11,19H2,1-3H3. The minimum Gasteiger partial charge on any atom is -0.369 e. The third kappa shape index (κ3) is 4.21. The van der Waals surface area contributed by atoms with E-state index in [1.165, 1.54) is 12.8 Å². The van der Waals surface area contributed by atoms with Crippen molar-refractivity contribution in [2.24, 2.45) is 11.1 Å². The van der Waals surface area contributed by atoms with Gasteiger partial charge in [-0.15, -0.1) is 0 Å². The number of hydrogen-bond donors (Lipinski definition) is 1. The van der Waals surface area contributed by atoms with E-state index in [2.05, 4.69) is 13.8 Å². The smallest absolute Gasteiger partial charge is 0.0976 e. The van der Waals surface area contributed by atoms with Gasteiger partial charge >= 0.3 is 0 Å². The summed E-state index contributed by atoms with van der Waals surface area (Å²) >= 11 is 5.95. The molecule has 2 unspecified atom stereocenters. The van der Waals surface area contributed by atoms with Crippen LogP contribution in [0.1, 0.15) is 58.1 Å². The van der Waals surface area contributed by atoms with Crippen LogP contribution in [0.3, 0.4) is 0 Å². The van der Waals surface area contributed by atoms with Crippen molar-refractivity contribution in [2.75, 3.05) is 0 Å². The van der Waals surface area contributed by atoms with E-state index in [4.69, 9.17) is 22.1 Å². The molecule has 0 amide bonds. The van der Waals surface area contributed by atoms with Crippen molar-refractivity contribution in [3.8, 4) is 0 Å². The highest BCUT2D eigenvalue weighted by molar-refractivity contribution is 6.30. The third-order valence-electron chi connectivity index (χ3n) is 4.30. The summed E-state index contributed by atoms with van der Waals surface area (Å²) in [5.74, 6) is 0. The molecule has 0 bridgehead atoms. The van der Waals surface area contributed by atoms with Crippen LogP contribution in [0, 0.1) is 5.41 Å². The normalized spacial score (nSPS) is 22.4. The first-order valence-corrected chi connectivity index (χ1v) is 7.92. The summed E-state index contributed by atoms with van der Waals surface area (Å²) in [5, 5.41) is 0.747. The fraction of sp³-hybridized carbons (Fsp3) is 0.647. The molecule has 0 aromatic heterocycles. The molecule has 0 spiro atoms. The summed E-state index contributed by atoms with van der Waals surface area (Å²) in [6.45, 7) is 6.68. The Morgan fingerprint density at radius 2 is 1.75 bits per heavy atom. The molecule has 3 heteroatoms. The summed E-state index contributed by atoms with van der Waals surface area (Å²) in [4.78, 5) is 0. The minimum atomic E-state index is -0.0431. The number of halogens is 1. The molecular formula is C17H26ClNO. The van der Waals surface area contributed by atoms with E-state index >= 15 is 0 Å². The second kappa shape index (κ2) is 6.46. The van der Waals surface area contributed by atoms with E-state index in [9.17, 15) is 0 Å². The lowest BCUT2D eigenvalue weighted by molar-refractivity contribution is -0.0548. The molecule has 2 atom stereocenters. The molecule has 20 heavy (non-hydrogen) atoms. The molecule has 1 aliphatic rings. The maximum atomic E-state index is 6.30. The highest BCUT2D eigenvalue weighted by Gasteiger charge is 2.30. The Hall–Kier alpha value is -0.570. The van der Waals surface area contributed by atoms with Gasteiger partial charge in [-0.2, -0.15) is 0 Å². The van der Waals surface area contributed by atoms with Gasteiger partial charge in [0.05, 0.1) is 12.2 Å². The molecule has 2 nitrogen and oxygen atoms in total.